The topological polar surface area (TPSA) is 45.2 Å². The molecule has 5 nitrogen and oxygen atoms in total. The lowest BCUT2D eigenvalue weighted by atomic mass is 9.80. The SMILES string of the molecule is CC(C)(C)c1ccc(OCCOC[C@@H](O)CN2CCN(c3ccc(F)cc3)CC2)c(C(C)(C)C)c1. The number of benzene rings is 2. The molecular formula is C29H43FN2O3. The molecule has 2 aromatic rings. The van der Waals surface area contributed by atoms with E-state index in [0.717, 1.165) is 37.6 Å². The summed E-state index contributed by atoms with van der Waals surface area (Å²) in [6.07, 6.45) is -0.538. The van der Waals surface area contributed by atoms with E-state index in [-0.39, 0.29) is 23.3 Å². The molecule has 1 atom stereocenters. The Hall–Kier alpha value is -2.15. The molecule has 0 radical (unpaired) electrons. The molecule has 1 N–H and O–H groups in total. The van der Waals surface area contributed by atoms with Gasteiger partial charge in [-0.25, -0.2) is 4.39 Å². The minimum atomic E-state index is -0.538. The molecule has 1 fully saturated rings. The molecule has 0 bridgehead atoms. The first-order valence-corrected chi connectivity index (χ1v) is 12.7. The van der Waals surface area contributed by atoms with Crippen molar-refractivity contribution in [2.24, 2.45) is 0 Å². The van der Waals surface area contributed by atoms with Crippen LogP contribution in [0.15, 0.2) is 42.5 Å². The number of halogens is 1. The normalized spacial score (nSPS) is 16.4. The number of nitrogens with zero attached hydrogens (tertiary/aromatic N) is 2. The Morgan fingerprint density at radius 1 is 0.886 bits per heavy atom. The Kier molecular flexibility index (Phi) is 9.19. The highest BCUT2D eigenvalue weighted by Crippen LogP contribution is 2.35. The van der Waals surface area contributed by atoms with E-state index < -0.39 is 6.10 Å². The highest BCUT2D eigenvalue weighted by atomic mass is 19.1. The lowest BCUT2D eigenvalue weighted by Gasteiger charge is -2.36. The summed E-state index contributed by atoms with van der Waals surface area (Å²) < 4.78 is 24.9. The van der Waals surface area contributed by atoms with Crippen LogP contribution >= 0.6 is 0 Å². The third-order valence-corrected chi connectivity index (χ3v) is 6.48. The van der Waals surface area contributed by atoms with Crippen LogP contribution in [0.3, 0.4) is 0 Å². The fourth-order valence-corrected chi connectivity index (χ4v) is 4.33. The molecule has 1 aliphatic rings. The molecule has 6 heteroatoms. The summed E-state index contributed by atoms with van der Waals surface area (Å²) in [7, 11) is 0. The van der Waals surface area contributed by atoms with Gasteiger partial charge in [0.1, 0.15) is 18.2 Å². The first-order valence-electron chi connectivity index (χ1n) is 12.7. The Bertz CT molecular complexity index is 926. The molecule has 0 aromatic heterocycles. The van der Waals surface area contributed by atoms with Crippen molar-refractivity contribution in [3.05, 3.63) is 59.4 Å². The first-order chi connectivity index (χ1) is 16.4. The second-order valence-corrected chi connectivity index (χ2v) is 11.6. The third-order valence-electron chi connectivity index (χ3n) is 6.48. The minimum Gasteiger partial charge on any atom is -0.491 e. The average molecular weight is 487 g/mol. The van der Waals surface area contributed by atoms with Crippen LogP contribution in [0.1, 0.15) is 52.7 Å². The van der Waals surface area contributed by atoms with Crippen molar-refractivity contribution in [3.8, 4) is 5.75 Å². The van der Waals surface area contributed by atoms with Gasteiger partial charge in [0, 0.05) is 38.4 Å². The van der Waals surface area contributed by atoms with Crippen LogP contribution in [0.2, 0.25) is 0 Å². The van der Waals surface area contributed by atoms with E-state index in [1.807, 2.05) is 12.1 Å². The van der Waals surface area contributed by atoms with Gasteiger partial charge in [-0.05, 0) is 52.3 Å². The molecule has 194 valence electrons. The quantitative estimate of drug-likeness (QED) is 0.506. The number of ether oxygens (including phenoxy) is 2. The Morgan fingerprint density at radius 3 is 2.14 bits per heavy atom. The van der Waals surface area contributed by atoms with E-state index in [0.29, 0.717) is 19.8 Å². The van der Waals surface area contributed by atoms with Crippen molar-refractivity contribution in [1.82, 2.24) is 4.90 Å². The Morgan fingerprint density at radius 2 is 1.54 bits per heavy atom. The maximum atomic E-state index is 13.1. The van der Waals surface area contributed by atoms with E-state index in [9.17, 15) is 9.50 Å². The fraction of sp³-hybridized carbons (Fsp3) is 0.586. The molecule has 35 heavy (non-hydrogen) atoms. The summed E-state index contributed by atoms with van der Waals surface area (Å²) in [5.41, 5.74) is 3.61. The van der Waals surface area contributed by atoms with Crippen molar-refractivity contribution in [2.45, 2.75) is 58.5 Å². The van der Waals surface area contributed by atoms with Gasteiger partial charge in [-0.3, -0.25) is 4.90 Å². The first kappa shape index (κ1) is 27.4. The summed E-state index contributed by atoms with van der Waals surface area (Å²) >= 11 is 0. The van der Waals surface area contributed by atoms with Gasteiger partial charge in [-0.15, -0.1) is 0 Å². The predicted octanol–water partition coefficient (Wildman–Crippen LogP) is 5.00. The van der Waals surface area contributed by atoms with E-state index in [1.165, 1.54) is 23.3 Å². The zero-order valence-electron chi connectivity index (χ0n) is 22.3. The van der Waals surface area contributed by atoms with E-state index in [4.69, 9.17) is 9.47 Å². The monoisotopic (exact) mass is 486 g/mol. The third kappa shape index (κ3) is 8.19. The Balaban J connectivity index is 1.38. The van der Waals surface area contributed by atoms with Crippen molar-refractivity contribution in [2.75, 3.05) is 57.4 Å². The van der Waals surface area contributed by atoms with E-state index >= 15 is 0 Å². The molecule has 1 aliphatic heterocycles. The molecular weight excluding hydrogens is 443 g/mol. The van der Waals surface area contributed by atoms with Crippen LogP contribution in [-0.2, 0) is 15.6 Å². The van der Waals surface area contributed by atoms with Crippen molar-refractivity contribution in [3.63, 3.8) is 0 Å². The van der Waals surface area contributed by atoms with Gasteiger partial charge < -0.3 is 19.5 Å². The summed E-state index contributed by atoms with van der Waals surface area (Å²) in [5, 5.41) is 10.4. The lowest BCUT2D eigenvalue weighted by Crippen LogP contribution is -2.49. The van der Waals surface area contributed by atoms with Crippen LogP contribution in [0, 0.1) is 5.82 Å². The van der Waals surface area contributed by atoms with Gasteiger partial charge in [0.2, 0.25) is 0 Å². The summed E-state index contributed by atoms with van der Waals surface area (Å²) in [4.78, 5) is 4.49. The molecule has 1 heterocycles. The Labute approximate surface area is 210 Å². The van der Waals surface area contributed by atoms with Crippen molar-refractivity contribution in [1.29, 1.82) is 0 Å². The maximum Gasteiger partial charge on any atom is 0.123 e. The van der Waals surface area contributed by atoms with Gasteiger partial charge in [-0.2, -0.15) is 0 Å². The molecule has 0 unspecified atom stereocenters. The number of anilines is 1. The standard InChI is InChI=1S/C29H43FN2O3/c1-28(2,3)22-7-12-27(26(19-22)29(4,5)6)35-18-17-34-21-25(33)20-31-13-15-32(16-14-31)24-10-8-23(30)9-11-24/h7-12,19,25,33H,13-18,20-21H2,1-6H3/t25-/m0/s1. The summed E-state index contributed by atoms with van der Waals surface area (Å²) in [6, 6.07) is 13.1. The van der Waals surface area contributed by atoms with Crippen LogP contribution in [-0.4, -0.2) is 68.7 Å². The summed E-state index contributed by atoms with van der Waals surface area (Å²) in [6.45, 7) is 18.5. The van der Waals surface area contributed by atoms with Gasteiger partial charge in [-0.1, -0.05) is 53.7 Å². The van der Waals surface area contributed by atoms with Gasteiger partial charge in [0.05, 0.1) is 19.3 Å². The second kappa shape index (κ2) is 11.7. The van der Waals surface area contributed by atoms with Crippen molar-refractivity contribution >= 4 is 5.69 Å². The van der Waals surface area contributed by atoms with Gasteiger partial charge in [0.25, 0.3) is 0 Å². The zero-order valence-corrected chi connectivity index (χ0v) is 22.3. The lowest BCUT2D eigenvalue weighted by molar-refractivity contribution is 0.00704. The number of rotatable bonds is 9. The highest BCUT2D eigenvalue weighted by Gasteiger charge is 2.23. The number of hydrogen-bond acceptors (Lipinski definition) is 5. The molecule has 3 rings (SSSR count). The maximum absolute atomic E-state index is 13.1. The average Bonchev–Trinajstić information content (AvgIpc) is 2.78. The fourth-order valence-electron chi connectivity index (χ4n) is 4.33. The zero-order chi connectivity index (χ0) is 25.6. The molecule has 1 saturated heterocycles. The van der Waals surface area contributed by atoms with Gasteiger partial charge in [0.15, 0.2) is 0 Å². The highest BCUT2D eigenvalue weighted by molar-refractivity contribution is 5.46. The van der Waals surface area contributed by atoms with Gasteiger partial charge >= 0.3 is 0 Å². The van der Waals surface area contributed by atoms with E-state index in [2.05, 4.69) is 69.5 Å². The molecule has 0 aliphatic carbocycles. The van der Waals surface area contributed by atoms with Crippen molar-refractivity contribution < 1.29 is 19.0 Å². The number of piperazine rings is 1. The van der Waals surface area contributed by atoms with Crippen LogP contribution < -0.4 is 9.64 Å². The minimum absolute atomic E-state index is 0.0195. The molecule has 0 saturated carbocycles. The molecule has 0 spiro atoms. The molecule has 0 amide bonds. The summed E-state index contributed by atoms with van der Waals surface area (Å²) in [5.74, 6) is 0.683. The molecule has 2 aromatic carbocycles. The predicted molar refractivity (Wildman–Crippen MR) is 141 cm³/mol. The number of aliphatic hydroxyl groups excluding tert-OH is 1. The van der Waals surface area contributed by atoms with Crippen LogP contribution in [0.5, 0.6) is 5.75 Å². The number of hydrogen-bond donors (Lipinski definition) is 1. The number of aliphatic hydroxyl groups is 1. The second-order valence-electron chi connectivity index (χ2n) is 11.6. The largest absolute Gasteiger partial charge is 0.491 e. The van der Waals surface area contributed by atoms with Crippen LogP contribution in [0.4, 0.5) is 10.1 Å². The number of β-amino-alcohol motifs (C(OH)–C–C–N with tert-alkyl or cyclic N) is 1. The van der Waals surface area contributed by atoms with Crippen LogP contribution in [0.25, 0.3) is 0 Å². The smallest absolute Gasteiger partial charge is 0.123 e. The van der Waals surface area contributed by atoms with E-state index in [1.54, 1.807) is 0 Å².